The molecular weight excluding hydrogens is 429 g/mol. The van der Waals surface area contributed by atoms with E-state index in [1.807, 2.05) is 55.5 Å². The Morgan fingerprint density at radius 3 is 2.53 bits per heavy atom. The molecule has 0 saturated carbocycles. The van der Waals surface area contributed by atoms with E-state index in [9.17, 15) is 9.18 Å². The number of hydrogen-bond acceptors (Lipinski definition) is 4. The van der Waals surface area contributed by atoms with Gasteiger partial charge in [0.25, 0.3) is 0 Å². The van der Waals surface area contributed by atoms with Crippen LogP contribution in [0.25, 0.3) is 22.8 Å². The molecule has 3 aromatic carbocycles. The number of amides is 1. The predicted octanol–water partition coefficient (Wildman–Crippen LogP) is 4.52. The number of nitrogens with zero attached hydrogens (tertiary/aromatic N) is 2. The lowest BCUT2D eigenvalue weighted by Gasteiger charge is -2.13. The zero-order chi connectivity index (χ0) is 21.8. The second-order valence-corrected chi connectivity index (χ2v) is 7.33. The standard InChI is InChI=1S/C24H22FN5O.ClH/c1-15-7-12-19(27-24(31)21(26)13-16-5-3-2-4-6-16)14-20(15)23-28-22(29-30-23)17-8-10-18(25)11-9-17;/h2-12,14,21H,13,26H2,1H3,(H,27,31)(H,28,29,30);1H. The number of carbonyl (C=O) groups excluding carboxylic acids is 1. The number of benzene rings is 3. The topological polar surface area (TPSA) is 96.7 Å². The molecule has 0 fully saturated rings. The van der Waals surface area contributed by atoms with Crippen LogP contribution in [0.5, 0.6) is 0 Å². The Morgan fingerprint density at radius 2 is 1.81 bits per heavy atom. The van der Waals surface area contributed by atoms with Crippen molar-refractivity contribution < 1.29 is 9.18 Å². The van der Waals surface area contributed by atoms with Crippen molar-refractivity contribution in [3.63, 3.8) is 0 Å². The molecular formula is C24H23ClFN5O. The number of aromatic nitrogens is 3. The molecule has 1 unspecified atom stereocenters. The number of nitrogens with one attached hydrogen (secondary N) is 2. The molecule has 1 atom stereocenters. The van der Waals surface area contributed by atoms with Crippen molar-refractivity contribution in [2.45, 2.75) is 19.4 Å². The molecule has 1 heterocycles. The highest BCUT2D eigenvalue weighted by atomic mass is 35.5. The highest BCUT2D eigenvalue weighted by Crippen LogP contribution is 2.26. The van der Waals surface area contributed by atoms with Crippen molar-refractivity contribution in [1.82, 2.24) is 15.2 Å². The Balaban J connectivity index is 0.00000289. The van der Waals surface area contributed by atoms with E-state index in [4.69, 9.17) is 5.73 Å². The second kappa shape index (κ2) is 10.2. The lowest BCUT2D eigenvalue weighted by atomic mass is 10.0. The number of carbonyl (C=O) groups is 1. The normalized spacial score (nSPS) is 11.5. The number of aromatic amines is 1. The van der Waals surface area contributed by atoms with Gasteiger partial charge in [0.2, 0.25) is 5.91 Å². The quantitative estimate of drug-likeness (QED) is 0.401. The first-order valence-electron chi connectivity index (χ1n) is 9.89. The lowest BCUT2D eigenvalue weighted by Crippen LogP contribution is -2.37. The van der Waals surface area contributed by atoms with Gasteiger partial charge in [-0.15, -0.1) is 12.4 Å². The smallest absolute Gasteiger partial charge is 0.241 e. The summed E-state index contributed by atoms with van der Waals surface area (Å²) >= 11 is 0. The predicted molar refractivity (Wildman–Crippen MR) is 126 cm³/mol. The van der Waals surface area contributed by atoms with Crippen molar-refractivity contribution in [3.05, 3.63) is 89.7 Å². The van der Waals surface area contributed by atoms with Gasteiger partial charge in [0, 0.05) is 16.8 Å². The minimum Gasteiger partial charge on any atom is -0.325 e. The van der Waals surface area contributed by atoms with Gasteiger partial charge in [-0.1, -0.05) is 36.4 Å². The van der Waals surface area contributed by atoms with Crippen molar-refractivity contribution in [2.75, 3.05) is 5.32 Å². The molecule has 32 heavy (non-hydrogen) atoms. The molecule has 0 aliphatic carbocycles. The van der Waals surface area contributed by atoms with Crippen LogP contribution in [0.4, 0.5) is 10.1 Å². The minimum atomic E-state index is -0.664. The number of H-pyrrole nitrogens is 1. The van der Waals surface area contributed by atoms with Gasteiger partial charge in [-0.2, -0.15) is 5.10 Å². The first-order valence-corrected chi connectivity index (χ1v) is 9.89. The highest BCUT2D eigenvalue weighted by Gasteiger charge is 2.16. The third-order valence-corrected chi connectivity index (χ3v) is 4.98. The van der Waals surface area contributed by atoms with Crippen molar-refractivity contribution >= 4 is 24.0 Å². The van der Waals surface area contributed by atoms with E-state index in [1.54, 1.807) is 12.1 Å². The Hall–Kier alpha value is -3.55. The molecule has 1 aromatic heterocycles. The molecule has 1 amide bonds. The summed E-state index contributed by atoms with van der Waals surface area (Å²) in [7, 11) is 0. The SMILES string of the molecule is Cc1ccc(NC(=O)C(N)Cc2ccccc2)cc1-c1nc(-c2ccc(F)cc2)n[nH]1.Cl. The van der Waals surface area contributed by atoms with Crippen LogP contribution in [-0.2, 0) is 11.2 Å². The maximum atomic E-state index is 13.2. The Morgan fingerprint density at radius 1 is 1.09 bits per heavy atom. The van der Waals surface area contributed by atoms with Crippen molar-refractivity contribution in [1.29, 1.82) is 0 Å². The van der Waals surface area contributed by atoms with E-state index in [-0.39, 0.29) is 24.1 Å². The lowest BCUT2D eigenvalue weighted by molar-refractivity contribution is -0.117. The molecule has 0 aliphatic heterocycles. The maximum Gasteiger partial charge on any atom is 0.241 e. The first kappa shape index (κ1) is 23.1. The molecule has 4 N–H and O–H groups in total. The van der Waals surface area contributed by atoms with Gasteiger partial charge in [0.05, 0.1) is 6.04 Å². The number of rotatable bonds is 6. The zero-order valence-corrected chi connectivity index (χ0v) is 18.2. The molecule has 4 aromatic rings. The van der Waals surface area contributed by atoms with E-state index in [1.165, 1.54) is 12.1 Å². The van der Waals surface area contributed by atoms with Gasteiger partial charge >= 0.3 is 0 Å². The van der Waals surface area contributed by atoms with E-state index < -0.39 is 6.04 Å². The van der Waals surface area contributed by atoms with Crippen molar-refractivity contribution in [3.8, 4) is 22.8 Å². The molecule has 0 aliphatic rings. The molecule has 0 spiro atoms. The first-order chi connectivity index (χ1) is 15.0. The fourth-order valence-electron chi connectivity index (χ4n) is 3.26. The Kier molecular flexibility index (Phi) is 7.35. The van der Waals surface area contributed by atoms with Crippen LogP contribution in [0.1, 0.15) is 11.1 Å². The summed E-state index contributed by atoms with van der Waals surface area (Å²) < 4.78 is 13.2. The number of hydrogen-bond donors (Lipinski definition) is 3. The summed E-state index contributed by atoms with van der Waals surface area (Å²) in [5, 5.41) is 10.0. The molecule has 4 rings (SSSR count). The molecule has 8 heteroatoms. The molecule has 0 bridgehead atoms. The van der Waals surface area contributed by atoms with Gasteiger partial charge in [0.1, 0.15) is 5.82 Å². The summed E-state index contributed by atoms with van der Waals surface area (Å²) in [5.41, 5.74) is 10.2. The van der Waals surface area contributed by atoms with Crippen LogP contribution in [-0.4, -0.2) is 27.1 Å². The van der Waals surface area contributed by atoms with Crippen LogP contribution >= 0.6 is 12.4 Å². The van der Waals surface area contributed by atoms with Crippen LogP contribution in [0.3, 0.4) is 0 Å². The van der Waals surface area contributed by atoms with Gasteiger partial charge < -0.3 is 11.1 Å². The number of nitrogens with two attached hydrogens (primary N) is 1. The third-order valence-electron chi connectivity index (χ3n) is 4.98. The summed E-state index contributed by atoms with van der Waals surface area (Å²) in [6.45, 7) is 1.95. The van der Waals surface area contributed by atoms with Crippen LogP contribution in [0, 0.1) is 12.7 Å². The molecule has 0 saturated heterocycles. The van der Waals surface area contributed by atoms with Gasteiger partial charge in [-0.05, 0) is 60.9 Å². The maximum absolute atomic E-state index is 13.2. The Labute approximate surface area is 191 Å². The number of anilines is 1. The van der Waals surface area contributed by atoms with E-state index in [2.05, 4.69) is 20.5 Å². The average molecular weight is 452 g/mol. The molecule has 164 valence electrons. The van der Waals surface area contributed by atoms with E-state index in [0.29, 0.717) is 29.3 Å². The van der Waals surface area contributed by atoms with Gasteiger partial charge in [-0.25, -0.2) is 9.37 Å². The average Bonchev–Trinajstić information content (AvgIpc) is 3.26. The van der Waals surface area contributed by atoms with Crippen LogP contribution in [0.2, 0.25) is 0 Å². The van der Waals surface area contributed by atoms with Crippen molar-refractivity contribution in [2.24, 2.45) is 5.73 Å². The van der Waals surface area contributed by atoms with Gasteiger partial charge in [0.15, 0.2) is 11.6 Å². The van der Waals surface area contributed by atoms with Crippen LogP contribution in [0.15, 0.2) is 72.8 Å². The summed E-state index contributed by atoms with van der Waals surface area (Å²) in [6, 6.07) is 20.5. The third kappa shape index (κ3) is 5.38. The minimum absolute atomic E-state index is 0. The summed E-state index contributed by atoms with van der Waals surface area (Å²) in [4.78, 5) is 17.1. The number of halogens is 2. The molecule has 6 nitrogen and oxygen atoms in total. The summed E-state index contributed by atoms with van der Waals surface area (Å²) in [5.74, 6) is 0.447. The fraction of sp³-hybridized carbons (Fsp3) is 0.125. The molecule has 0 radical (unpaired) electrons. The van der Waals surface area contributed by atoms with E-state index >= 15 is 0 Å². The largest absolute Gasteiger partial charge is 0.325 e. The van der Waals surface area contributed by atoms with Crippen LogP contribution < -0.4 is 11.1 Å². The monoisotopic (exact) mass is 451 g/mol. The van der Waals surface area contributed by atoms with E-state index in [0.717, 1.165) is 16.7 Å². The van der Waals surface area contributed by atoms with Gasteiger partial charge in [-0.3, -0.25) is 9.89 Å². The summed E-state index contributed by atoms with van der Waals surface area (Å²) in [6.07, 6.45) is 0.453. The number of aryl methyl sites for hydroxylation is 1. The fourth-order valence-corrected chi connectivity index (χ4v) is 3.26. The zero-order valence-electron chi connectivity index (χ0n) is 17.4. The Bertz CT molecular complexity index is 1190. The highest BCUT2D eigenvalue weighted by molar-refractivity contribution is 5.95. The second-order valence-electron chi connectivity index (χ2n) is 7.33.